The molecule has 0 aliphatic carbocycles. The fourth-order valence-electron chi connectivity index (χ4n) is 3.60. The Hall–Kier alpha value is -3.61. The first-order chi connectivity index (χ1) is 14.9. The molecule has 160 valence electrons. The number of carbonyl (C=O) groups excluding carboxylic acids is 1. The highest BCUT2D eigenvalue weighted by atomic mass is 16.5. The second kappa shape index (κ2) is 8.26. The van der Waals surface area contributed by atoms with Crippen molar-refractivity contribution in [2.75, 3.05) is 14.2 Å². The Labute approximate surface area is 181 Å². The Morgan fingerprint density at radius 1 is 1.16 bits per heavy atom. The highest BCUT2D eigenvalue weighted by Gasteiger charge is 2.24. The maximum atomic E-state index is 13.6. The van der Waals surface area contributed by atoms with Gasteiger partial charge >= 0.3 is 0 Å². The number of aromatic nitrogens is 3. The van der Waals surface area contributed by atoms with Gasteiger partial charge in [0.15, 0.2) is 11.4 Å². The number of amides is 1. The van der Waals surface area contributed by atoms with Crippen LogP contribution in [0.2, 0.25) is 0 Å². The Balaban J connectivity index is 1.77. The van der Waals surface area contributed by atoms with Crippen molar-refractivity contribution >= 4 is 16.9 Å². The zero-order valence-corrected chi connectivity index (χ0v) is 18.4. The summed E-state index contributed by atoms with van der Waals surface area (Å²) in [6, 6.07) is 13.1. The number of hydrogen-bond acceptors (Lipinski definition) is 5. The molecule has 7 heteroatoms. The molecule has 0 fully saturated rings. The van der Waals surface area contributed by atoms with E-state index >= 15 is 0 Å². The van der Waals surface area contributed by atoms with Crippen LogP contribution in [0.5, 0.6) is 5.75 Å². The average Bonchev–Trinajstić information content (AvgIpc) is 3.47. The number of methoxy groups -OCH3 is 1. The normalized spacial score (nSPS) is 12.3. The highest BCUT2D eigenvalue weighted by molar-refractivity contribution is 6.06. The van der Waals surface area contributed by atoms with Gasteiger partial charge in [-0.15, -0.1) is 0 Å². The van der Waals surface area contributed by atoms with Crippen LogP contribution in [-0.4, -0.2) is 39.7 Å². The predicted molar refractivity (Wildman–Crippen MR) is 119 cm³/mol. The largest absolute Gasteiger partial charge is 0.497 e. The van der Waals surface area contributed by atoms with Crippen molar-refractivity contribution in [3.05, 3.63) is 66.1 Å². The minimum absolute atomic E-state index is 0.105. The van der Waals surface area contributed by atoms with E-state index in [1.807, 2.05) is 62.8 Å². The van der Waals surface area contributed by atoms with Crippen LogP contribution in [0.15, 0.2) is 59.3 Å². The van der Waals surface area contributed by atoms with Gasteiger partial charge in [-0.2, -0.15) is 5.10 Å². The van der Waals surface area contributed by atoms with E-state index in [0.717, 1.165) is 16.7 Å². The van der Waals surface area contributed by atoms with Gasteiger partial charge in [0.1, 0.15) is 11.4 Å². The molecule has 0 N–H and O–H groups in total. The average molecular weight is 418 g/mol. The third-order valence-corrected chi connectivity index (χ3v) is 5.56. The lowest BCUT2D eigenvalue weighted by Gasteiger charge is -2.26. The van der Waals surface area contributed by atoms with Gasteiger partial charge in [-0.3, -0.25) is 4.79 Å². The number of furan rings is 1. The number of rotatable bonds is 6. The summed E-state index contributed by atoms with van der Waals surface area (Å²) in [5.74, 6) is 1.29. The van der Waals surface area contributed by atoms with Gasteiger partial charge in [-0.25, -0.2) is 9.67 Å². The van der Waals surface area contributed by atoms with Crippen molar-refractivity contribution in [1.82, 2.24) is 19.7 Å². The van der Waals surface area contributed by atoms with Gasteiger partial charge in [-0.1, -0.05) is 12.1 Å². The summed E-state index contributed by atoms with van der Waals surface area (Å²) in [7, 11) is 3.44. The molecule has 1 atom stereocenters. The third kappa shape index (κ3) is 3.79. The molecular formula is C24H26N4O3. The van der Waals surface area contributed by atoms with Crippen molar-refractivity contribution in [3.63, 3.8) is 0 Å². The van der Waals surface area contributed by atoms with Crippen LogP contribution in [0.1, 0.15) is 48.8 Å². The molecule has 0 aliphatic heterocycles. The van der Waals surface area contributed by atoms with E-state index in [-0.39, 0.29) is 18.0 Å². The summed E-state index contributed by atoms with van der Waals surface area (Å²) in [4.78, 5) is 20.1. The Morgan fingerprint density at radius 3 is 2.52 bits per heavy atom. The zero-order valence-electron chi connectivity index (χ0n) is 18.4. The fourth-order valence-corrected chi connectivity index (χ4v) is 3.60. The summed E-state index contributed by atoms with van der Waals surface area (Å²) >= 11 is 0. The topological polar surface area (TPSA) is 73.4 Å². The van der Waals surface area contributed by atoms with E-state index in [2.05, 4.69) is 5.10 Å². The molecule has 0 radical (unpaired) electrons. The number of nitrogens with zero attached hydrogens (tertiary/aromatic N) is 4. The molecule has 3 aromatic heterocycles. The number of pyridine rings is 1. The number of benzene rings is 1. The summed E-state index contributed by atoms with van der Waals surface area (Å²) < 4.78 is 12.6. The molecule has 1 unspecified atom stereocenters. The van der Waals surface area contributed by atoms with Gasteiger partial charge in [0, 0.05) is 13.1 Å². The lowest BCUT2D eigenvalue weighted by Crippen LogP contribution is -2.30. The Morgan fingerprint density at radius 2 is 1.90 bits per heavy atom. The van der Waals surface area contributed by atoms with Gasteiger partial charge in [-0.05, 0) is 56.7 Å². The van der Waals surface area contributed by atoms with Gasteiger partial charge in [0.2, 0.25) is 0 Å². The quantitative estimate of drug-likeness (QED) is 0.435. The molecule has 0 bridgehead atoms. The third-order valence-electron chi connectivity index (χ3n) is 5.56. The summed E-state index contributed by atoms with van der Waals surface area (Å²) in [5, 5.41) is 5.21. The van der Waals surface area contributed by atoms with Crippen LogP contribution in [-0.2, 0) is 0 Å². The molecule has 7 nitrogen and oxygen atoms in total. The number of fused-ring (bicyclic) bond motifs is 1. The molecule has 4 aromatic rings. The van der Waals surface area contributed by atoms with Crippen molar-refractivity contribution in [2.45, 2.75) is 32.9 Å². The molecule has 0 spiro atoms. The Kier molecular flexibility index (Phi) is 5.50. The van der Waals surface area contributed by atoms with Crippen molar-refractivity contribution < 1.29 is 13.9 Å². The SMILES string of the molecule is COc1ccc(C(C)N(C)C(=O)c2cc(-c3ccco3)nc3c2cnn3C(C)C)cc1. The second-order valence-corrected chi connectivity index (χ2v) is 7.82. The van der Waals surface area contributed by atoms with E-state index in [1.165, 1.54) is 0 Å². The monoisotopic (exact) mass is 418 g/mol. The molecule has 0 saturated heterocycles. The van der Waals surface area contributed by atoms with Crippen LogP contribution in [0.4, 0.5) is 0 Å². The fraction of sp³-hybridized carbons (Fsp3) is 0.292. The number of carbonyl (C=O) groups is 1. The standard InChI is InChI=1S/C24H26N4O3/c1-15(2)28-23-20(14-25-28)19(13-21(26-23)22-7-6-12-31-22)24(29)27(4)16(3)17-8-10-18(30-5)11-9-17/h6-16H,1-5H3. The number of ether oxygens (including phenoxy) is 1. The predicted octanol–water partition coefficient (Wildman–Crippen LogP) is 5.11. The van der Waals surface area contributed by atoms with E-state index in [9.17, 15) is 4.79 Å². The van der Waals surface area contributed by atoms with Crippen LogP contribution in [0.3, 0.4) is 0 Å². The lowest BCUT2D eigenvalue weighted by atomic mass is 10.0. The molecule has 4 rings (SSSR count). The van der Waals surface area contributed by atoms with E-state index in [4.69, 9.17) is 14.1 Å². The molecule has 31 heavy (non-hydrogen) atoms. The molecular weight excluding hydrogens is 392 g/mol. The first-order valence-electron chi connectivity index (χ1n) is 10.2. The maximum Gasteiger partial charge on any atom is 0.254 e. The summed E-state index contributed by atoms with van der Waals surface area (Å²) in [6.07, 6.45) is 3.31. The van der Waals surface area contributed by atoms with Gasteiger partial charge in [0.05, 0.1) is 36.6 Å². The maximum absolute atomic E-state index is 13.6. The van der Waals surface area contributed by atoms with Crippen LogP contribution >= 0.6 is 0 Å². The Bertz CT molecular complexity index is 1190. The van der Waals surface area contributed by atoms with E-state index < -0.39 is 0 Å². The first kappa shape index (κ1) is 20.7. The van der Waals surface area contributed by atoms with Crippen molar-refractivity contribution in [1.29, 1.82) is 0 Å². The molecule has 0 saturated carbocycles. The molecule has 3 heterocycles. The van der Waals surface area contributed by atoms with Gasteiger partial charge < -0.3 is 14.1 Å². The first-order valence-corrected chi connectivity index (χ1v) is 10.2. The lowest BCUT2D eigenvalue weighted by molar-refractivity contribution is 0.0744. The van der Waals surface area contributed by atoms with E-state index in [1.54, 1.807) is 36.6 Å². The second-order valence-electron chi connectivity index (χ2n) is 7.82. The zero-order chi connectivity index (χ0) is 22.1. The van der Waals surface area contributed by atoms with Crippen LogP contribution < -0.4 is 4.74 Å². The van der Waals surface area contributed by atoms with Crippen molar-refractivity contribution in [3.8, 4) is 17.2 Å². The minimum atomic E-state index is -0.131. The van der Waals surface area contributed by atoms with Crippen LogP contribution in [0.25, 0.3) is 22.5 Å². The molecule has 0 aliphatic rings. The van der Waals surface area contributed by atoms with Gasteiger partial charge in [0.25, 0.3) is 5.91 Å². The minimum Gasteiger partial charge on any atom is -0.497 e. The van der Waals surface area contributed by atoms with Crippen LogP contribution in [0, 0.1) is 0 Å². The van der Waals surface area contributed by atoms with Crippen molar-refractivity contribution in [2.24, 2.45) is 0 Å². The highest BCUT2D eigenvalue weighted by Crippen LogP contribution is 2.29. The summed E-state index contributed by atoms with van der Waals surface area (Å²) in [6.45, 7) is 6.07. The molecule has 1 amide bonds. The number of hydrogen-bond donors (Lipinski definition) is 0. The smallest absolute Gasteiger partial charge is 0.254 e. The summed E-state index contributed by atoms with van der Waals surface area (Å²) in [5.41, 5.74) is 2.84. The van der Waals surface area contributed by atoms with E-state index in [0.29, 0.717) is 22.7 Å². The molecule has 1 aromatic carbocycles.